The van der Waals surface area contributed by atoms with Crippen molar-refractivity contribution in [1.29, 1.82) is 0 Å². The summed E-state index contributed by atoms with van der Waals surface area (Å²) in [6, 6.07) is 9.65. The van der Waals surface area contributed by atoms with Gasteiger partial charge in [-0.15, -0.1) is 0 Å². The van der Waals surface area contributed by atoms with E-state index < -0.39 is 17.8 Å². The van der Waals surface area contributed by atoms with E-state index in [0.717, 1.165) is 5.56 Å². The molecule has 0 saturated carbocycles. The molecule has 0 radical (unpaired) electrons. The quantitative estimate of drug-likeness (QED) is 0.572. The van der Waals surface area contributed by atoms with Crippen molar-refractivity contribution in [3.8, 4) is 0 Å². The zero-order valence-corrected chi connectivity index (χ0v) is 12.8. The van der Waals surface area contributed by atoms with Gasteiger partial charge in [0.15, 0.2) is 0 Å². The minimum atomic E-state index is -0.895. The van der Waals surface area contributed by atoms with Crippen molar-refractivity contribution in [3.05, 3.63) is 47.9 Å². The van der Waals surface area contributed by atoms with Gasteiger partial charge in [-0.1, -0.05) is 30.3 Å². The van der Waals surface area contributed by atoms with Crippen LogP contribution in [0.15, 0.2) is 42.4 Å². The van der Waals surface area contributed by atoms with E-state index in [4.69, 9.17) is 14.2 Å². The van der Waals surface area contributed by atoms with E-state index in [2.05, 4.69) is 0 Å². The zero-order chi connectivity index (χ0) is 15.9. The third-order valence-corrected chi connectivity index (χ3v) is 3.54. The highest BCUT2D eigenvalue weighted by atomic mass is 16.7. The number of carbonyl (C=O) groups excluding carboxylic acids is 2. The highest BCUT2D eigenvalue weighted by molar-refractivity contribution is 5.98. The van der Waals surface area contributed by atoms with Gasteiger partial charge in [-0.2, -0.15) is 0 Å². The molecule has 0 aromatic heterocycles. The Morgan fingerprint density at radius 3 is 2.55 bits per heavy atom. The topological polar surface area (TPSA) is 61.8 Å². The molecule has 1 heterocycles. The van der Waals surface area contributed by atoms with E-state index in [1.807, 2.05) is 30.3 Å². The molecule has 0 saturated heterocycles. The van der Waals surface area contributed by atoms with Gasteiger partial charge in [-0.05, 0) is 25.8 Å². The number of Topliss-reactive ketones (excluding diaryl/α,β-unsaturated/α-hetero) is 1. The number of esters is 1. The molecule has 0 amide bonds. The lowest BCUT2D eigenvalue weighted by Crippen LogP contribution is -2.34. The van der Waals surface area contributed by atoms with Crippen molar-refractivity contribution in [2.45, 2.75) is 20.3 Å². The van der Waals surface area contributed by atoms with Gasteiger partial charge in [-0.3, -0.25) is 9.59 Å². The number of rotatable bonds is 7. The molecule has 0 bridgehead atoms. The molecule has 1 aromatic carbocycles. The third-order valence-electron chi connectivity index (χ3n) is 3.54. The number of ether oxygens (including phenoxy) is 3. The minimum absolute atomic E-state index is 0.105. The van der Waals surface area contributed by atoms with E-state index in [1.165, 1.54) is 13.2 Å². The first-order valence-electron chi connectivity index (χ1n) is 7.29. The number of ketones is 1. The second-order valence-corrected chi connectivity index (χ2v) is 5.09. The molecule has 0 spiro atoms. The molecular weight excluding hydrogens is 284 g/mol. The van der Waals surface area contributed by atoms with Crippen molar-refractivity contribution < 1.29 is 23.8 Å². The molecule has 118 valence electrons. The second-order valence-electron chi connectivity index (χ2n) is 5.09. The van der Waals surface area contributed by atoms with Gasteiger partial charge in [-0.25, -0.2) is 0 Å². The fourth-order valence-corrected chi connectivity index (χ4v) is 2.54. The normalized spacial score (nSPS) is 16.0. The monoisotopic (exact) mass is 304 g/mol. The van der Waals surface area contributed by atoms with Crippen molar-refractivity contribution in [1.82, 2.24) is 0 Å². The largest absolute Gasteiger partial charge is 0.465 e. The van der Waals surface area contributed by atoms with E-state index in [-0.39, 0.29) is 19.2 Å². The Morgan fingerprint density at radius 2 is 2.00 bits per heavy atom. The SMILES string of the molecule is CCOC(=O)C(C(C)=O)C(Cc1ccccc1)C1=COCO1. The maximum atomic E-state index is 12.2. The summed E-state index contributed by atoms with van der Waals surface area (Å²) in [7, 11) is 0. The molecule has 1 aromatic rings. The predicted molar refractivity (Wildman–Crippen MR) is 79.6 cm³/mol. The van der Waals surface area contributed by atoms with Crippen LogP contribution in [0.3, 0.4) is 0 Å². The van der Waals surface area contributed by atoms with Crippen LogP contribution in [0.1, 0.15) is 19.4 Å². The molecule has 2 atom stereocenters. The Bertz CT molecular complexity index is 549. The summed E-state index contributed by atoms with van der Waals surface area (Å²) in [6.07, 6.45) is 1.97. The molecule has 22 heavy (non-hydrogen) atoms. The van der Waals surface area contributed by atoms with Crippen LogP contribution in [0.25, 0.3) is 0 Å². The standard InChI is InChI=1S/C17H20O5/c1-3-21-17(19)16(12(2)18)14(15-10-20-11-22-15)9-13-7-5-4-6-8-13/h4-8,10,14,16H,3,9,11H2,1-2H3. The highest BCUT2D eigenvalue weighted by Crippen LogP contribution is 2.30. The van der Waals surface area contributed by atoms with Gasteiger partial charge in [0.05, 0.1) is 6.61 Å². The van der Waals surface area contributed by atoms with Gasteiger partial charge in [0, 0.05) is 5.92 Å². The summed E-state index contributed by atoms with van der Waals surface area (Å²) in [5.41, 5.74) is 1.01. The fourth-order valence-electron chi connectivity index (χ4n) is 2.54. The van der Waals surface area contributed by atoms with Gasteiger partial charge < -0.3 is 14.2 Å². The zero-order valence-electron chi connectivity index (χ0n) is 12.8. The first-order valence-corrected chi connectivity index (χ1v) is 7.29. The van der Waals surface area contributed by atoms with E-state index in [0.29, 0.717) is 12.2 Å². The van der Waals surface area contributed by atoms with Crippen LogP contribution < -0.4 is 0 Å². The summed E-state index contributed by atoms with van der Waals surface area (Å²) in [6.45, 7) is 3.46. The van der Waals surface area contributed by atoms with Crippen LogP contribution in [0.5, 0.6) is 0 Å². The Hall–Kier alpha value is -2.30. The molecule has 5 nitrogen and oxygen atoms in total. The molecular formula is C17H20O5. The average molecular weight is 304 g/mol. The van der Waals surface area contributed by atoms with Crippen molar-refractivity contribution in [2.75, 3.05) is 13.4 Å². The number of hydrogen-bond acceptors (Lipinski definition) is 5. The molecule has 1 aliphatic heterocycles. The van der Waals surface area contributed by atoms with Gasteiger partial charge in [0.25, 0.3) is 0 Å². The lowest BCUT2D eigenvalue weighted by Gasteiger charge is -2.23. The predicted octanol–water partition coefficient (Wildman–Crippen LogP) is 2.46. The Morgan fingerprint density at radius 1 is 1.27 bits per heavy atom. The average Bonchev–Trinajstić information content (AvgIpc) is 3.01. The summed E-state index contributed by atoms with van der Waals surface area (Å²) in [5.74, 6) is -1.57. The first-order chi connectivity index (χ1) is 10.6. The smallest absolute Gasteiger partial charge is 0.317 e. The van der Waals surface area contributed by atoms with Crippen molar-refractivity contribution in [2.24, 2.45) is 11.8 Å². The molecule has 0 fully saturated rings. The summed E-state index contributed by atoms with van der Waals surface area (Å²) in [5, 5.41) is 0. The van der Waals surface area contributed by atoms with E-state index in [1.54, 1.807) is 6.92 Å². The molecule has 2 rings (SSSR count). The number of allylic oxidation sites excluding steroid dienone is 1. The minimum Gasteiger partial charge on any atom is -0.465 e. The van der Waals surface area contributed by atoms with Crippen LogP contribution in [0.2, 0.25) is 0 Å². The summed E-state index contributed by atoms with van der Waals surface area (Å²) < 4.78 is 15.6. The van der Waals surface area contributed by atoms with Crippen LogP contribution in [-0.2, 0) is 30.2 Å². The number of benzene rings is 1. The molecule has 1 aliphatic rings. The Kier molecular flexibility index (Phi) is 5.58. The second kappa shape index (κ2) is 7.64. The molecule has 0 N–H and O–H groups in total. The maximum absolute atomic E-state index is 12.2. The third kappa shape index (κ3) is 3.87. The Balaban J connectivity index is 2.29. The summed E-state index contributed by atoms with van der Waals surface area (Å²) >= 11 is 0. The Labute approximate surface area is 129 Å². The van der Waals surface area contributed by atoms with Gasteiger partial charge >= 0.3 is 5.97 Å². The van der Waals surface area contributed by atoms with Crippen LogP contribution in [0, 0.1) is 11.8 Å². The highest BCUT2D eigenvalue weighted by Gasteiger charge is 2.38. The lowest BCUT2D eigenvalue weighted by molar-refractivity contribution is -0.153. The molecule has 5 heteroatoms. The van der Waals surface area contributed by atoms with Gasteiger partial charge in [0.2, 0.25) is 6.79 Å². The van der Waals surface area contributed by atoms with Crippen molar-refractivity contribution in [3.63, 3.8) is 0 Å². The maximum Gasteiger partial charge on any atom is 0.317 e. The number of carbonyl (C=O) groups is 2. The van der Waals surface area contributed by atoms with E-state index >= 15 is 0 Å². The molecule has 0 aliphatic carbocycles. The summed E-state index contributed by atoms with van der Waals surface area (Å²) in [4.78, 5) is 24.2. The van der Waals surface area contributed by atoms with Crippen LogP contribution in [0.4, 0.5) is 0 Å². The first kappa shape index (κ1) is 16.1. The van der Waals surface area contributed by atoms with Crippen LogP contribution >= 0.6 is 0 Å². The fraction of sp³-hybridized carbons (Fsp3) is 0.412. The van der Waals surface area contributed by atoms with E-state index in [9.17, 15) is 9.59 Å². The lowest BCUT2D eigenvalue weighted by atomic mass is 9.83. The van der Waals surface area contributed by atoms with Crippen LogP contribution in [-0.4, -0.2) is 25.2 Å². The van der Waals surface area contributed by atoms with Gasteiger partial charge in [0.1, 0.15) is 23.7 Å². The van der Waals surface area contributed by atoms with Crippen molar-refractivity contribution >= 4 is 11.8 Å². The number of hydrogen-bond donors (Lipinski definition) is 0. The molecule has 2 unspecified atom stereocenters.